The van der Waals surface area contributed by atoms with E-state index in [9.17, 15) is 13.2 Å². The van der Waals surface area contributed by atoms with Crippen LogP contribution in [0.2, 0.25) is 0 Å². The van der Waals surface area contributed by atoms with E-state index in [2.05, 4.69) is 4.98 Å². The van der Waals surface area contributed by atoms with Crippen LogP contribution < -0.4 is 0 Å². The third kappa shape index (κ3) is 4.00. The maximum absolute atomic E-state index is 13.0. The number of amides is 1. The zero-order valence-corrected chi connectivity index (χ0v) is 19.5. The van der Waals surface area contributed by atoms with Crippen molar-refractivity contribution in [3.63, 3.8) is 0 Å². The Hall–Kier alpha value is -1.71. The van der Waals surface area contributed by atoms with E-state index in [0.717, 1.165) is 31.6 Å². The fourth-order valence-corrected chi connectivity index (χ4v) is 6.60. The van der Waals surface area contributed by atoms with Crippen LogP contribution in [0.1, 0.15) is 54.2 Å². The molecule has 0 spiro atoms. The number of aromatic nitrogens is 2. The summed E-state index contributed by atoms with van der Waals surface area (Å²) in [6, 6.07) is 1.69. The van der Waals surface area contributed by atoms with Crippen molar-refractivity contribution in [2.75, 3.05) is 26.2 Å². The van der Waals surface area contributed by atoms with E-state index in [1.54, 1.807) is 13.0 Å². The molecular formula is C20H30N4O3S2. The van der Waals surface area contributed by atoms with Crippen LogP contribution in [0.15, 0.2) is 11.0 Å². The van der Waals surface area contributed by atoms with E-state index in [4.69, 9.17) is 0 Å². The fraction of sp³-hybridized carbons (Fsp3) is 0.600. The molecule has 0 saturated carbocycles. The average molecular weight is 439 g/mol. The Kier molecular flexibility index (Phi) is 6.50. The molecule has 0 N–H and O–H groups in total. The molecule has 0 atom stereocenters. The number of carbonyl (C=O) groups is 1. The first kappa shape index (κ1) is 22.0. The second kappa shape index (κ2) is 8.57. The summed E-state index contributed by atoms with van der Waals surface area (Å²) in [7, 11) is -1.72. The normalized spacial score (nSPS) is 15.3. The minimum Gasteiger partial charge on any atom is -0.345 e. The van der Waals surface area contributed by atoms with Crippen molar-refractivity contribution in [1.29, 1.82) is 0 Å². The Morgan fingerprint density at radius 1 is 1.17 bits per heavy atom. The summed E-state index contributed by atoms with van der Waals surface area (Å²) >= 11 is 1.35. The molecule has 160 valence electrons. The van der Waals surface area contributed by atoms with Crippen LogP contribution >= 0.6 is 11.3 Å². The molecule has 0 bridgehead atoms. The number of thiazole rings is 1. The summed E-state index contributed by atoms with van der Waals surface area (Å²) in [5.74, 6) is 0.0351. The smallest absolute Gasteiger partial charge is 0.265 e. The van der Waals surface area contributed by atoms with Gasteiger partial charge in [-0.1, -0.05) is 13.8 Å². The van der Waals surface area contributed by atoms with E-state index < -0.39 is 10.0 Å². The molecule has 3 rings (SSSR count). The lowest BCUT2D eigenvalue weighted by Gasteiger charge is -2.26. The third-order valence-corrected chi connectivity index (χ3v) is 9.00. The third-order valence-electron chi connectivity index (χ3n) is 5.67. The van der Waals surface area contributed by atoms with Gasteiger partial charge in [0.25, 0.3) is 5.91 Å². The summed E-state index contributed by atoms with van der Waals surface area (Å²) in [5, 5.41) is 0.675. The van der Waals surface area contributed by atoms with Crippen LogP contribution in [0.3, 0.4) is 0 Å². The van der Waals surface area contributed by atoms with Crippen molar-refractivity contribution in [1.82, 2.24) is 18.8 Å². The quantitative estimate of drug-likeness (QED) is 0.692. The summed E-state index contributed by atoms with van der Waals surface area (Å²) in [6.45, 7) is 9.76. The first-order valence-electron chi connectivity index (χ1n) is 10.2. The topological polar surface area (TPSA) is 75.5 Å². The number of likely N-dealkylation sites (tertiary alicyclic amines) is 1. The molecule has 9 heteroatoms. The highest BCUT2D eigenvalue weighted by Crippen LogP contribution is 2.34. The minimum atomic E-state index is -3.56. The van der Waals surface area contributed by atoms with Crippen LogP contribution in [0.4, 0.5) is 0 Å². The highest BCUT2D eigenvalue weighted by Gasteiger charge is 2.29. The molecule has 3 heterocycles. The molecule has 29 heavy (non-hydrogen) atoms. The predicted molar refractivity (Wildman–Crippen MR) is 116 cm³/mol. The maximum Gasteiger partial charge on any atom is 0.265 e. The molecule has 1 fully saturated rings. The average Bonchev–Trinajstić information content (AvgIpc) is 3.23. The van der Waals surface area contributed by atoms with Gasteiger partial charge in [0.1, 0.15) is 14.8 Å². The number of rotatable bonds is 6. The van der Waals surface area contributed by atoms with E-state index >= 15 is 0 Å². The SMILES string of the molecule is CCN(CC)S(=O)(=O)c1cc(-c2nc(C)c(C(=O)N3CCCCC3)s2)n(C)c1C. The molecule has 0 radical (unpaired) electrons. The van der Waals surface area contributed by atoms with Crippen molar-refractivity contribution in [3.8, 4) is 10.7 Å². The van der Waals surface area contributed by atoms with Gasteiger partial charge in [0, 0.05) is 38.9 Å². The van der Waals surface area contributed by atoms with Gasteiger partial charge in [0.05, 0.1) is 11.4 Å². The first-order chi connectivity index (χ1) is 13.7. The monoisotopic (exact) mass is 438 g/mol. The molecule has 1 aliphatic rings. The highest BCUT2D eigenvalue weighted by molar-refractivity contribution is 7.89. The Morgan fingerprint density at radius 3 is 2.38 bits per heavy atom. The number of hydrogen-bond donors (Lipinski definition) is 0. The zero-order valence-electron chi connectivity index (χ0n) is 17.9. The molecule has 1 amide bonds. The molecule has 2 aromatic heterocycles. The molecule has 0 unspecified atom stereocenters. The standard InChI is InChI=1S/C20H30N4O3S2/c1-6-24(7-2)29(26,27)17-13-16(22(5)15(17)4)19-21-14(3)18(28-19)20(25)23-11-9-8-10-12-23/h13H,6-12H2,1-5H3. The van der Waals surface area contributed by atoms with E-state index in [1.165, 1.54) is 22.1 Å². The lowest BCUT2D eigenvalue weighted by atomic mass is 10.1. The van der Waals surface area contributed by atoms with Crippen molar-refractivity contribution < 1.29 is 13.2 Å². The van der Waals surface area contributed by atoms with Crippen molar-refractivity contribution in [3.05, 3.63) is 22.3 Å². The van der Waals surface area contributed by atoms with Gasteiger partial charge in [-0.05, 0) is 39.2 Å². The highest BCUT2D eigenvalue weighted by atomic mass is 32.2. The van der Waals surface area contributed by atoms with Gasteiger partial charge in [0.2, 0.25) is 10.0 Å². The van der Waals surface area contributed by atoms with Crippen LogP contribution in [0.25, 0.3) is 10.7 Å². The van der Waals surface area contributed by atoms with Crippen LogP contribution in [0, 0.1) is 13.8 Å². The van der Waals surface area contributed by atoms with Gasteiger partial charge in [-0.3, -0.25) is 4.79 Å². The van der Waals surface area contributed by atoms with Crippen LogP contribution in [-0.2, 0) is 17.1 Å². The predicted octanol–water partition coefficient (Wildman–Crippen LogP) is 3.42. The Bertz CT molecular complexity index is 997. The number of piperidine rings is 1. The summed E-state index contributed by atoms with van der Waals surface area (Å²) in [5.41, 5.74) is 2.09. The minimum absolute atomic E-state index is 0.0351. The first-order valence-corrected chi connectivity index (χ1v) is 12.4. The lowest BCUT2D eigenvalue weighted by molar-refractivity contribution is 0.0728. The Morgan fingerprint density at radius 2 is 1.79 bits per heavy atom. The van der Waals surface area contributed by atoms with Crippen LogP contribution in [-0.4, -0.2) is 59.3 Å². The number of aryl methyl sites for hydroxylation is 1. The summed E-state index contributed by atoms with van der Waals surface area (Å²) < 4.78 is 29.4. The molecule has 2 aromatic rings. The van der Waals surface area contributed by atoms with Gasteiger partial charge < -0.3 is 9.47 Å². The van der Waals surface area contributed by atoms with Crippen molar-refractivity contribution in [2.45, 2.75) is 51.9 Å². The second-order valence-corrected chi connectivity index (χ2v) is 10.3. The number of sulfonamides is 1. The van der Waals surface area contributed by atoms with Gasteiger partial charge in [-0.25, -0.2) is 13.4 Å². The number of nitrogens with zero attached hydrogens (tertiary/aromatic N) is 4. The number of hydrogen-bond acceptors (Lipinski definition) is 5. The Labute approximate surface area is 177 Å². The van der Waals surface area contributed by atoms with Gasteiger partial charge in [-0.15, -0.1) is 11.3 Å². The van der Waals surface area contributed by atoms with Gasteiger partial charge >= 0.3 is 0 Å². The molecule has 0 aliphatic carbocycles. The molecule has 1 aliphatic heterocycles. The maximum atomic E-state index is 13.0. The second-order valence-electron chi connectivity index (χ2n) is 7.41. The van der Waals surface area contributed by atoms with E-state index in [1.807, 2.05) is 37.3 Å². The lowest BCUT2D eigenvalue weighted by Crippen LogP contribution is -2.35. The fourth-order valence-electron chi connectivity index (χ4n) is 3.79. The van der Waals surface area contributed by atoms with Gasteiger partial charge in [-0.2, -0.15) is 4.31 Å². The molecule has 0 aromatic carbocycles. The number of carbonyl (C=O) groups excluding carboxylic acids is 1. The van der Waals surface area contributed by atoms with Crippen molar-refractivity contribution >= 4 is 27.3 Å². The molecular weight excluding hydrogens is 408 g/mol. The molecule has 7 nitrogen and oxygen atoms in total. The molecule has 1 saturated heterocycles. The summed E-state index contributed by atoms with van der Waals surface area (Å²) in [6.07, 6.45) is 3.25. The van der Waals surface area contributed by atoms with E-state index in [-0.39, 0.29) is 5.91 Å². The largest absolute Gasteiger partial charge is 0.345 e. The van der Waals surface area contributed by atoms with E-state index in [0.29, 0.717) is 39.3 Å². The zero-order chi connectivity index (χ0) is 21.3. The van der Waals surface area contributed by atoms with Crippen molar-refractivity contribution in [2.24, 2.45) is 7.05 Å². The van der Waals surface area contributed by atoms with Gasteiger partial charge in [0.15, 0.2) is 0 Å². The van der Waals surface area contributed by atoms with Crippen LogP contribution in [0.5, 0.6) is 0 Å². The Balaban J connectivity index is 1.99. The summed E-state index contributed by atoms with van der Waals surface area (Å²) in [4.78, 5) is 20.4.